The van der Waals surface area contributed by atoms with Crippen molar-refractivity contribution < 1.29 is 4.79 Å². The average molecular weight is 139 g/mol. The minimum Gasteiger partial charge on any atom is -0.303 e. The van der Waals surface area contributed by atoms with Crippen LogP contribution in [0.3, 0.4) is 0 Å². The molecule has 0 aromatic rings. The predicted octanol–water partition coefficient (Wildman–Crippen LogP) is 1.45. The molecule has 10 heavy (non-hydrogen) atoms. The molecule has 2 heteroatoms. The third-order valence-electron chi connectivity index (χ3n) is 2.12. The van der Waals surface area contributed by atoms with Crippen molar-refractivity contribution >= 4 is 12.0 Å². The van der Waals surface area contributed by atoms with Crippen LogP contribution in [0, 0.1) is 5.92 Å². The summed E-state index contributed by atoms with van der Waals surface area (Å²) in [6, 6.07) is 0. The van der Waals surface area contributed by atoms with Gasteiger partial charge in [0.25, 0.3) is 0 Å². The van der Waals surface area contributed by atoms with Gasteiger partial charge in [-0.3, -0.25) is 4.99 Å². The molecule has 1 saturated carbocycles. The van der Waals surface area contributed by atoms with Crippen molar-refractivity contribution in [2.75, 3.05) is 7.05 Å². The van der Waals surface area contributed by atoms with E-state index in [9.17, 15) is 4.79 Å². The van der Waals surface area contributed by atoms with Gasteiger partial charge in [0.05, 0.1) is 0 Å². The standard InChI is InChI=1S/C8H13NO/c1-9-8-4-2-7(6-10)3-5-8/h6-7H,2-5H2,1H3. The van der Waals surface area contributed by atoms with Gasteiger partial charge in [-0.2, -0.15) is 0 Å². The molecule has 1 rings (SSSR count). The molecule has 0 aromatic carbocycles. The SMILES string of the molecule is CN=C1CCC(C=O)CC1. The quantitative estimate of drug-likeness (QED) is 0.505. The van der Waals surface area contributed by atoms with Gasteiger partial charge < -0.3 is 4.79 Å². The lowest BCUT2D eigenvalue weighted by Crippen LogP contribution is -2.14. The highest BCUT2D eigenvalue weighted by Crippen LogP contribution is 2.19. The van der Waals surface area contributed by atoms with Crippen molar-refractivity contribution in [3.63, 3.8) is 0 Å². The third-order valence-corrected chi connectivity index (χ3v) is 2.12. The van der Waals surface area contributed by atoms with E-state index in [-0.39, 0.29) is 0 Å². The lowest BCUT2D eigenvalue weighted by atomic mass is 9.89. The van der Waals surface area contributed by atoms with E-state index in [0.29, 0.717) is 5.92 Å². The average Bonchev–Trinajstić information content (AvgIpc) is 2.05. The second-order valence-electron chi connectivity index (χ2n) is 2.76. The monoisotopic (exact) mass is 139 g/mol. The summed E-state index contributed by atoms with van der Waals surface area (Å²) in [5, 5.41) is 0. The van der Waals surface area contributed by atoms with Crippen LogP contribution in [0.15, 0.2) is 4.99 Å². The normalized spacial score (nSPS) is 26.1. The van der Waals surface area contributed by atoms with Gasteiger partial charge in [-0.05, 0) is 25.7 Å². The number of nitrogens with zero attached hydrogens (tertiary/aromatic N) is 1. The molecule has 0 spiro atoms. The zero-order valence-corrected chi connectivity index (χ0v) is 6.34. The first-order valence-electron chi connectivity index (χ1n) is 3.76. The predicted molar refractivity (Wildman–Crippen MR) is 41.4 cm³/mol. The molecule has 0 atom stereocenters. The van der Waals surface area contributed by atoms with Crippen molar-refractivity contribution in [1.29, 1.82) is 0 Å². The van der Waals surface area contributed by atoms with Crippen molar-refractivity contribution in [1.82, 2.24) is 0 Å². The van der Waals surface area contributed by atoms with Crippen LogP contribution in [-0.4, -0.2) is 19.0 Å². The Morgan fingerprint density at radius 3 is 2.50 bits per heavy atom. The van der Waals surface area contributed by atoms with Crippen LogP contribution in [0.4, 0.5) is 0 Å². The Hall–Kier alpha value is -0.660. The Kier molecular flexibility index (Phi) is 2.60. The van der Waals surface area contributed by atoms with Crippen LogP contribution < -0.4 is 0 Å². The Labute approximate surface area is 61.3 Å². The van der Waals surface area contributed by atoms with Gasteiger partial charge in [0.1, 0.15) is 6.29 Å². The molecule has 0 radical (unpaired) electrons. The van der Waals surface area contributed by atoms with Crippen LogP contribution in [0.25, 0.3) is 0 Å². The molecule has 1 aliphatic rings. The molecular weight excluding hydrogens is 126 g/mol. The third kappa shape index (κ3) is 1.66. The molecule has 56 valence electrons. The highest BCUT2D eigenvalue weighted by molar-refractivity contribution is 5.85. The van der Waals surface area contributed by atoms with E-state index < -0.39 is 0 Å². The molecule has 0 aliphatic heterocycles. The number of carbonyl (C=O) groups is 1. The van der Waals surface area contributed by atoms with Crippen molar-refractivity contribution in [3.05, 3.63) is 0 Å². The van der Waals surface area contributed by atoms with E-state index >= 15 is 0 Å². The van der Waals surface area contributed by atoms with Crippen LogP contribution >= 0.6 is 0 Å². The van der Waals surface area contributed by atoms with Gasteiger partial charge in [0.15, 0.2) is 0 Å². The molecule has 2 nitrogen and oxygen atoms in total. The molecule has 1 fully saturated rings. The Bertz CT molecular complexity index is 141. The molecule has 0 bridgehead atoms. The molecule has 0 aromatic heterocycles. The van der Waals surface area contributed by atoms with Crippen LogP contribution in [0.2, 0.25) is 0 Å². The molecule has 0 unspecified atom stereocenters. The van der Waals surface area contributed by atoms with Crippen LogP contribution in [0.1, 0.15) is 25.7 Å². The number of rotatable bonds is 1. The van der Waals surface area contributed by atoms with E-state index in [1.54, 1.807) is 0 Å². The van der Waals surface area contributed by atoms with E-state index in [4.69, 9.17) is 0 Å². The zero-order chi connectivity index (χ0) is 7.40. The fraction of sp³-hybridized carbons (Fsp3) is 0.750. The highest BCUT2D eigenvalue weighted by atomic mass is 16.1. The maximum Gasteiger partial charge on any atom is 0.123 e. The van der Waals surface area contributed by atoms with Crippen LogP contribution in [0.5, 0.6) is 0 Å². The van der Waals surface area contributed by atoms with Crippen molar-refractivity contribution in [2.45, 2.75) is 25.7 Å². The Morgan fingerprint density at radius 1 is 1.50 bits per heavy atom. The molecule has 1 aliphatic carbocycles. The first-order valence-corrected chi connectivity index (χ1v) is 3.76. The second-order valence-corrected chi connectivity index (χ2v) is 2.76. The largest absolute Gasteiger partial charge is 0.303 e. The van der Waals surface area contributed by atoms with Crippen molar-refractivity contribution in [2.24, 2.45) is 10.9 Å². The first kappa shape index (κ1) is 7.45. The number of carbonyl (C=O) groups excluding carboxylic acids is 1. The minimum absolute atomic E-state index is 0.311. The summed E-state index contributed by atoms with van der Waals surface area (Å²) in [6.07, 6.45) is 5.15. The fourth-order valence-electron chi connectivity index (χ4n) is 1.33. The van der Waals surface area contributed by atoms with E-state index in [1.807, 2.05) is 7.05 Å². The Morgan fingerprint density at radius 2 is 2.10 bits per heavy atom. The zero-order valence-electron chi connectivity index (χ0n) is 6.34. The van der Waals surface area contributed by atoms with Gasteiger partial charge in [0, 0.05) is 18.7 Å². The Balaban J connectivity index is 2.37. The maximum atomic E-state index is 10.3. The fourth-order valence-corrected chi connectivity index (χ4v) is 1.33. The summed E-state index contributed by atoms with van der Waals surface area (Å²) in [5.41, 5.74) is 1.28. The minimum atomic E-state index is 0.311. The van der Waals surface area contributed by atoms with Gasteiger partial charge in [-0.25, -0.2) is 0 Å². The summed E-state index contributed by atoms with van der Waals surface area (Å²) in [4.78, 5) is 14.4. The summed E-state index contributed by atoms with van der Waals surface area (Å²) in [6.45, 7) is 0. The maximum absolute atomic E-state index is 10.3. The van der Waals surface area contributed by atoms with Gasteiger partial charge in [-0.15, -0.1) is 0 Å². The lowest BCUT2D eigenvalue weighted by Gasteiger charge is -2.17. The molecule has 0 heterocycles. The lowest BCUT2D eigenvalue weighted by molar-refractivity contribution is -0.111. The van der Waals surface area contributed by atoms with Gasteiger partial charge in [-0.1, -0.05) is 0 Å². The van der Waals surface area contributed by atoms with E-state index in [2.05, 4.69) is 4.99 Å². The number of hydrogen-bond acceptors (Lipinski definition) is 2. The van der Waals surface area contributed by atoms with Gasteiger partial charge in [0.2, 0.25) is 0 Å². The smallest absolute Gasteiger partial charge is 0.123 e. The summed E-state index contributed by atoms with van der Waals surface area (Å²) >= 11 is 0. The molecular formula is C8H13NO. The molecule has 0 saturated heterocycles. The van der Waals surface area contributed by atoms with Crippen molar-refractivity contribution in [3.8, 4) is 0 Å². The summed E-state index contributed by atoms with van der Waals surface area (Å²) in [7, 11) is 1.83. The molecule has 0 amide bonds. The number of hydrogen-bond donors (Lipinski definition) is 0. The number of aliphatic imine (C=N–C) groups is 1. The first-order chi connectivity index (χ1) is 4.86. The summed E-state index contributed by atoms with van der Waals surface area (Å²) in [5.74, 6) is 0.311. The summed E-state index contributed by atoms with van der Waals surface area (Å²) < 4.78 is 0. The number of aldehydes is 1. The van der Waals surface area contributed by atoms with Crippen LogP contribution in [-0.2, 0) is 4.79 Å². The van der Waals surface area contributed by atoms with Gasteiger partial charge >= 0.3 is 0 Å². The molecule has 0 N–H and O–H groups in total. The topological polar surface area (TPSA) is 29.4 Å². The second kappa shape index (κ2) is 3.49. The van der Waals surface area contributed by atoms with E-state index in [1.165, 1.54) is 5.71 Å². The van der Waals surface area contributed by atoms with E-state index in [0.717, 1.165) is 32.0 Å². The highest BCUT2D eigenvalue weighted by Gasteiger charge is 2.15.